The largest absolute Gasteiger partial charge is 0.459 e. The van der Waals surface area contributed by atoms with Crippen LogP contribution in [0.4, 0.5) is 10.5 Å². The van der Waals surface area contributed by atoms with Crippen molar-refractivity contribution in [2.45, 2.75) is 82.8 Å². The lowest BCUT2D eigenvalue weighted by Crippen LogP contribution is -2.70. The van der Waals surface area contributed by atoms with Crippen molar-refractivity contribution in [1.82, 2.24) is 4.90 Å². The molecular formula is C54H59N3O10. The molecule has 2 aliphatic carbocycles. The number of nitro benzene ring substituents is 1. The Labute approximate surface area is 391 Å². The molecule has 5 aromatic carbocycles. The molecule has 0 saturated heterocycles. The number of amides is 1. The monoisotopic (exact) mass is 909 g/mol. The van der Waals surface area contributed by atoms with Crippen LogP contribution in [-0.2, 0) is 27.5 Å². The summed E-state index contributed by atoms with van der Waals surface area (Å²) < 4.78 is 26.9. The van der Waals surface area contributed by atoms with E-state index in [9.17, 15) is 25.1 Å². The van der Waals surface area contributed by atoms with Crippen LogP contribution in [0.5, 0.6) is 17.2 Å². The highest BCUT2D eigenvalue weighted by atomic mass is 16.7. The van der Waals surface area contributed by atoms with Gasteiger partial charge in [-0.05, 0) is 96.2 Å². The molecular weight excluding hydrogens is 851 g/mol. The molecule has 0 radical (unpaired) electrons. The number of fused-ring (bicyclic) bond motifs is 3. The van der Waals surface area contributed by atoms with E-state index in [4.69, 9.17) is 28.9 Å². The Morgan fingerprint density at radius 1 is 0.925 bits per heavy atom. The average Bonchev–Trinajstić information content (AvgIpc) is 3.34. The Bertz CT molecular complexity index is 2580. The number of aliphatic hydroxyl groups is 2. The number of carbonyl (C=O) groups excluding carboxylic acids is 1. The molecule has 5 aromatic rings. The predicted octanol–water partition coefficient (Wildman–Crippen LogP) is 11.0. The second-order valence-electron chi connectivity index (χ2n) is 17.4. The van der Waals surface area contributed by atoms with Crippen LogP contribution in [0, 0.1) is 27.9 Å². The maximum absolute atomic E-state index is 14.8. The van der Waals surface area contributed by atoms with Gasteiger partial charge in [-0.3, -0.25) is 15.0 Å². The first-order valence-electron chi connectivity index (χ1n) is 23.3. The van der Waals surface area contributed by atoms with Crippen LogP contribution in [-0.4, -0.2) is 70.1 Å². The fourth-order valence-corrected chi connectivity index (χ4v) is 10.4. The van der Waals surface area contributed by atoms with Crippen LogP contribution in [0.15, 0.2) is 145 Å². The van der Waals surface area contributed by atoms with Gasteiger partial charge in [0.05, 0.1) is 42.4 Å². The van der Waals surface area contributed by atoms with Crippen molar-refractivity contribution in [3.8, 4) is 17.2 Å². The molecule has 6 unspecified atom stereocenters. The van der Waals surface area contributed by atoms with Crippen molar-refractivity contribution in [3.63, 3.8) is 0 Å². The highest BCUT2D eigenvalue weighted by Crippen LogP contribution is 2.62. The van der Waals surface area contributed by atoms with Crippen LogP contribution in [0.2, 0.25) is 0 Å². The van der Waals surface area contributed by atoms with Gasteiger partial charge >= 0.3 is 6.09 Å². The molecule has 0 bridgehead atoms. The van der Waals surface area contributed by atoms with Crippen LogP contribution in [0.1, 0.15) is 74.5 Å². The summed E-state index contributed by atoms with van der Waals surface area (Å²) in [6, 6.07) is 34.8. The van der Waals surface area contributed by atoms with Gasteiger partial charge in [0.2, 0.25) is 5.79 Å². The maximum Gasteiger partial charge on any atom is 0.410 e. The van der Waals surface area contributed by atoms with E-state index in [1.807, 2.05) is 78.9 Å². The minimum Gasteiger partial charge on any atom is -0.459 e. The fourth-order valence-electron chi connectivity index (χ4n) is 10.4. The van der Waals surface area contributed by atoms with Crippen LogP contribution in [0.25, 0.3) is 10.8 Å². The predicted molar refractivity (Wildman–Crippen MR) is 256 cm³/mol. The van der Waals surface area contributed by atoms with Gasteiger partial charge in [0.15, 0.2) is 0 Å². The van der Waals surface area contributed by atoms with Crippen LogP contribution >= 0.6 is 0 Å². The summed E-state index contributed by atoms with van der Waals surface area (Å²) in [7, 11) is 0. The third-order valence-electron chi connectivity index (χ3n) is 13.3. The molecule has 1 amide bonds. The number of hydrogen-bond acceptors (Lipinski definition) is 11. The first-order valence-corrected chi connectivity index (χ1v) is 23.3. The standard InChI is InChI=1S/C54H59N3O10/c1-3-30-64-54-50(56(53(60)63-4-2)35-40-21-14-20-38-18-8-9-24-44(38)40)34-48(55-65-36-37-16-6-5-7-17-37)46-31-39(19-10-12-28-58)45(25-11-13-29-59)51(52(46)54)47-33-43(26-27-49(47)67-54)66-42-23-15-22-41(32-42)57(61)62/h3,5-9,14-18,20-24,26-27,31-33,39,45,50-52,58-59H,1,4,10-13,19,25,28-30,34-36H2,2H3. The van der Waals surface area contributed by atoms with Crippen molar-refractivity contribution in [1.29, 1.82) is 0 Å². The van der Waals surface area contributed by atoms with Gasteiger partial charge in [0.1, 0.15) is 29.9 Å². The molecule has 67 heavy (non-hydrogen) atoms. The Hall–Kier alpha value is -6.54. The number of ether oxygens (including phenoxy) is 4. The number of benzene rings is 5. The van der Waals surface area contributed by atoms with E-state index in [1.165, 1.54) is 12.1 Å². The number of hydrogen-bond donors (Lipinski definition) is 2. The first-order chi connectivity index (χ1) is 32.8. The van der Waals surface area contributed by atoms with Crippen LogP contribution in [0.3, 0.4) is 0 Å². The third kappa shape index (κ3) is 10.2. The van der Waals surface area contributed by atoms with Crippen molar-refractivity contribution in [3.05, 3.63) is 166 Å². The molecule has 1 saturated carbocycles. The molecule has 13 nitrogen and oxygen atoms in total. The molecule has 1 aliphatic heterocycles. The summed E-state index contributed by atoms with van der Waals surface area (Å²) in [5, 5.41) is 38.8. The lowest BCUT2D eigenvalue weighted by atomic mass is 9.55. The molecule has 2 N–H and O–H groups in total. The minimum atomic E-state index is -1.53. The molecule has 0 aromatic heterocycles. The van der Waals surface area contributed by atoms with Gasteiger partial charge in [-0.1, -0.05) is 109 Å². The van der Waals surface area contributed by atoms with Crippen molar-refractivity contribution in [2.24, 2.45) is 22.9 Å². The third-order valence-corrected chi connectivity index (χ3v) is 13.3. The highest BCUT2D eigenvalue weighted by molar-refractivity contribution is 6.03. The summed E-state index contributed by atoms with van der Waals surface area (Å²) in [5.74, 6) is -1.17. The van der Waals surface area contributed by atoms with E-state index in [2.05, 4.69) is 18.7 Å². The number of allylic oxidation sites excluding steroid dienone is 1. The Balaban J connectivity index is 1.35. The van der Waals surface area contributed by atoms with E-state index in [0.717, 1.165) is 58.7 Å². The van der Waals surface area contributed by atoms with E-state index in [0.29, 0.717) is 35.8 Å². The maximum atomic E-state index is 14.8. The molecule has 0 spiro atoms. The quantitative estimate of drug-likeness (QED) is 0.0314. The van der Waals surface area contributed by atoms with E-state index in [1.54, 1.807) is 36.1 Å². The van der Waals surface area contributed by atoms with Crippen molar-refractivity contribution >= 4 is 28.3 Å². The summed E-state index contributed by atoms with van der Waals surface area (Å²) in [4.78, 5) is 34.0. The Kier molecular flexibility index (Phi) is 15.3. The average molecular weight is 910 g/mol. The number of rotatable bonds is 21. The molecule has 350 valence electrons. The minimum absolute atomic E-state index is 0.00129. The summed E-state index contributed by atoms with van der Waals surface area (Å²) in [6.45, 7) is 6.56. The first kappa shape index (κ1) is 47.0. The second kappa shape index (κ2) is 21.8. The molecule has 3 aliphatic rings. The molecule has 6 atom stereocenters. The van der Waals surface area contributed by atoms with Gasteiger partial charge in [-0.15, -0.1) is 6.58 Å². The number of unbranched alkanes of at least 4 members (excludes halogenated alkanes) is 2. The summed E-state index contributed by atoms with van der Waals surface area (Å²) in [6.07, 6.45) is 7.90. The number of oxime groups is 1. The lowest BCUT2D eigenvalue weighted by molar-refractivity contribution is -0.384. The zero-order valence-corrected chi connectivity index (χ0v) is 37.9. The van der Waals surface area contributed by atoms with E-state index < -0.39 is 28.8 Å². The van der Waals surface area contributed by atoms with Gasteiger partial charge in [-0.25, -0.2) is 4.79 Å². The molecule has 1 fully saturated rings. The normalized spacial score (nSPS) is 22.2. The zero-order chi connectivity index (χ0) is 46.8. The molecule has 1 heterocycles. The number of carbonyl (C=O) groups is 1. The fraction of sp³-hybridized carbons (Fsp3) is 0.370. The number of nitro groups is 1. The number of nitrogens with zero attached hydrogens (tertiary/aromatic N) is 3. The summed E-state index contributed by atoms with van der Waals surface area (Å²) >= 11 is 0. The van der Waals surface area contributed by atoms with Crippen molar-refractivity contribution < 1.29 is 43.7 Å². The Morgan fingerprint density at radius 2 is 1.67 bits per heavy atom. The lowest BCUT2D eigenvalue weighted by Gasteiger charge is -2.59. The molecule has 8 rings (SSSR count). The van der Waals surface area contributed by atoms with Gasteiger partial charge in [0.25, 0.3) is 5.69 Å². The van der Waals surface area contributed by atoms with Gasteiger partial charge in [-0.2, -0.15) is 0 Å². The second-order valence-corrected chi connectivity index (χ2v) is 17.4. The van der Waals surface area contributed by atoms with Gasteiger partial charge < -0.3 is 34.0 Å². The van der Waals surface area contributed by atoms with Crippen molar-refractivity contribution in [2.75, 3.05) is 26.4 Å². The SMILES string of the molecule is C=CCOC12Oc3ccc(Oc4cccc([N+](=O)[O-])c4)cc3C3C(CCCCO)C(CCCCO)C=C(C(=NOCc4ccccc4)CC1N(Cc1cccc4ccccc14)C(=O)OCC)C32. The number of aliphatic hydroxyl groups excluding tert-OH is 2. The van der Waals surface area contributed by atoms with Gasteiger partial charge in [0, 0.05) is 37.2 Å². The smallest absolute Gasteiger partial charge is 0.410 e. The molecule has 13 heteroatoms. The van der Waals surface area contributed by atoms with E-state index >= 15 is 0 Å². The van der Waals surface area contributed by atoms with E-state index in [-0.39, 0.29) is 69.4 Å². The van der Waals surface area contributed by atoms with Crippen LogP contribution < -0.4 is 9.47 Å². The number of non-ortho nitro benzene ring substituents is 1. The summed E-state index contributed by atoms with van der Waals surface area (Å²) in [5.41, 5.74) is 4.14. The highest BCUT2D eigenvalue weighted by Gasteiger charge is 2.65. The Morgan fingerprint density at radius 3 is 2.45 bits per heavy atom. The topological polar surface area (TPSA) is 162 Å². The zero-order valence-electron chi connectivity index (χ0n) is 37.9.